The number of benzene rings is 1. The number of nitrogens with two attached hydrogens (primary N) is 1. The molecule has 3 N–H and O–H groups in total. The molecule has 0 saturated heterocycles. The van der Waals surface area contributed by atoms with Crippen molar-refractivity contribution in [2.75, 3.05) is 12.3 Å². The van der Waals surface area contributed by atoms with Gasteiger partial charge < -0.3 is 11.1 Å². The van der Waals surface area contributed by atoms with E-state index in [-0.39, 0.29) is 17.5 Å². The minimum atomic E-state index is -0.305. The first-order valence-corrected chi connectivity index (χ1v) is 8.83. The fourth-order valence-corrected chi connectivity index (χ4v) is 3.03. The molecule has 9 heteroatoms. The Bertz CT molecular complexity index is 1260. The first-order chi connectivity index (χ1) is 14.1. The number of rotatable bonds is 4. The molecular weight excluding hydrogens is 368 g/mol. The monoisotopic (exact) mass is 384 g/mol. The second-order valence-electron chi connectivity index (χ2n) is 6.13. The molecule has 0 fully saturated rings. The number of carbonyl (C=O) groups is 1. The second kappa shape index (κ2) is 7.36. The van der Waals surface area contributed by atoms with Crippen LogP contribution in [0.15, 0.2) is 49.1 Å². The molecule has 0 bridgehead atoms. The predicted octanol–water partition coefficient (Wildman–Crippen LogP) is 2.74. The van der Waals surface area contributed by atoms with Gasteiger partial charge in [0.05, 0.1) is 23.5 Å². The van der Waals surface area contributed by atoms with Crippen LogP contribution in [0.1, 0.15) is 17.4 Å². The Morgan fingerprint density at radius 1 is 1.31 bits per heavy atom. The molecule has 9 nitrogen and oxygen atoms in total. The van der Waals surface area contributed by atoms with Crippen LogP contribution in [0.4, 0.5) is 11.6 Å². The summed E-state index contributed by atoms with van der Waals surface area (Å²) < 4.78 is 1.56. The highest BCUT2D eigenvalue weighted by molar-refractivity contribution is 5.96. The average molecular weight is 384 g/mol. The van der Waals surface area contributed by atoms with Gasteiger partial charge in [-0.3, -0.25) is 9.20 Å². The van der Waals surface area contributed by atoms with Crippen LogP contribution >= 0.6 is 0 Å². The highest BCUT2D eigenvalue weighted by Crippen LogP contribution is 2.35. The van der Waals surface area contributed by atoms with Crippen LogP contribution in [0.25, 0.3) is 33.0 Å². The van der Waals surface area contributed by atoms with Crippen LogP contribution < -0.4 is 11.1 Å². The first kappa shape index (κ1) is 18.1. The van der Waals surface area contributed by atoms with Gasteiger partial charge in [-0.15, -0.1) is 0 Å². The van der Waals surface area contributed by atoms with E-state index < -0.39 is 0 Å². The standard InChI is InChI=1S/C20H16N8O/c1-3-24-19(29)15-10-28-18(26-15)16(14-7-8-23-11-25-14)17(27-20(28)21)12-5-4-6-13(9-12)22-2/h4-11H,3H2,1H3,(H2,21,27)(H,24,29). The lowest BCUT2D eigenvalue weighted by atomic mass is 10.0. The molecule has 0 aliphatic carbocycles. The van der Waals surface area contributed by atoms with Gasteiger partial charge in [0.2, 0.25) is 5.95 Å². The summed E-state index contributed by atoms with van der Waals surface area (Å²) in [4.78, 5) is 33.2. The third-order valence-corrected chi connectivity index (χ3v) is 4.30. The van der Waals surface area contributed by atoms with E-state index in [1.807, 2.05) is 13.0 Å². The van der Waals surface area contributed by atoms with Crippen LogP contribution in [0.3, 0.4) is 0 Å². The Balaban J connectivity index is 2.05. The van der Waals surface area contributed by atoms with E-state index in [4.69, 9.17) is 12.3 Å². The number of aromatic nitrogens is 5. The maximum absolute atomic E-state index is 12.3. The molecule has 4 rings (SSSR count). The molecule has 142 valence electrons. The van der Waals surface area contributed by atoms with Gasteiger partial charge in [-0.1, -0.05) is 18.2 Å². The number of carbonyl (C=O) groups excluding carboxylic acids is 1. The van der Waals surface area contributed by atoms with Gasteiger partial charge in [0, 0.05) is 18.9 Å². The number of nitrogen functional groups attached to an aromatic ring is 1. The molecule has 0 aliphatic rings. The number of anilines is 1. The average Bonchev–Trinajstić information content (AvgIpc) is 3.20. The highest BCUT2D eigenvalue weighted by atomic mass is 16.1. The Labute approximate surface area is 166 Å². The summed E-state index contributed by atoms with van der Waals surface area (Å²) in [6.45, 7) is 9.59. The first-order valence-electron chi connectivity index (χ1n) is 8.83. The Hall–Kier alpha value is -4.32. The van der Waals surface area contributed by atoms with Gasteiger partial charge in [0.25, 0.3) is 5.91 Å². The Morgan fingerprint density at radius 3 is 2.90 bits per heavy atom. The Kier molecular flexibility index (Phi) is 4.58. The molecule has 0 atom stereocenters. The molecule has 29 heavy (non-hydrogen) atoms. The Morgan fingerprint density at radius 2 is 2.17 bits per heavy atom. The molecule has 1 amide bonds. The number of hydrogen-bond acceptors (Lipinski definition) is 6. The van der Waals surface area contributed by atoms with E-state index in [9.17, 15) is 4.79 Å². The van der Waals surface area contributed by atoms with Crippen molar-refractivity contribution >= 4 is 23.2 Å². The van der Waals surface area contributed by atoms with E-state index >= 15 is 0 Å². The number of amides is 1. The van der Waals surface area contributed by atoms with Crippen LogP contribution in [-0.4, -0.2) is 36.8 Å². The summed E-state index contributed by atoms with van der Waals surface area (Å²) in [5, 5.41) is 2.73. The lowest BCUT2D eigenvalue weighted by Crippen LogP contribution is -2.22. The van der Waals surface area contributed by atoms with Crippen LogP contribution in [0, 0.1) is 6.57 Å². The molecule has 0 unspecified atom stereocenters. The smallest absolute Gasteiger partial charge is 0.271 e. The van der Waals surface area contributed by atoms with Crippen molar-refractivity contribution in [3.8, 4) is 22.5 Å². The van der Waals surface area contributed by atoms with Gasteiger partial charge in [0.15, 0.2) is 11.3 Å². The summed E-state index contributed by atoms with van der Waals surface area (Å²) in [6, 6.07) is 8.79. The number of hydrogen-bond donors (Lipinski definition) is 2. The molecule has 4 aromatic rings. The minimum absolute atomic E-state index is 0.170. The molecule has 0 radical (unpaired) electrons. The lowest BCUT2D eigenvalue weighted by molar-refractivity contribution is 0.0951. The van der Waals surface area contributed by atoms with Crippen molar-refractivity contribution in [1.82, 2.24) is 29.7 Å². The van der Waals surface area contributed by atoms with Crippen molar-refractivity contribution in [1.29, 1.82) is 0 Å². The minimum Gasteiger partial charge on any atom is -0.369 e. The number of imidazole rings is 1. The third-order valence-electron chi connectivity index (χ3n) is 4.30. The highest BCUT2D eigenvalue weighted by Gasteiger charge is 2.21. The molecule has 0 spiro atoms. The number of nitrogens with zero attached hydrogens (tertiary/aromatic N) is 6. The number of fused-ring (bicyclic) bond motifs is 1. The molecule has 0 aliphatic heterocycles. The lowest BCUT2D eigenvalue weighted by Gasteiger charge is -2.12. The zero-order valence-corrected chi connectivity index (χ0v) is 15.5. The second-order valence-corrected chi connectivity index (χ2v) is 6.13. The van der Waals surface area contributed by atoms with Gasteiger partial charge in [0.1, 0.15) is 12.0 Å². The normalized spacial score (nSPS) is 10.6. The van der Waals surface area contributed by atoms with E-state index in [1.165, 1.54) is 6.33 Å². The summed E-state index contributed by atoms with van der Waals surface area (Å²) in [5.41, 5.74) is 9.72. The summed E-state index contributed by atoms with van der Waals surface area (Å²) in [5.74, 6) is -0.134. The van der Waals surface area contributed by atoms with E-state index in [0.717, 1.165) is 0 Å². The van der Waals surface area contributed by atoms with Gasteiger partial charge in [-0.05, 0) is 24.6 Å². The molecule has 1 aromatic carbocycles. The summed E-state index contributed by atoms with van der Waals surface area (Å²) in [6.07, 6.45) is 4.59. The van der Waals surface area contributed by atoms with Crippen LogP contribution in [0.5, 0.6) is 0 Å². The number of nitrogens with one attached hydrogen (secondary N) is 1. The quantitative estimate of drug-likeness (QED) is 0.523. The molecule has 3 aromatic heterocycles. The zero-order valence-electron chi connectivity index (χ0n) is 15.5. The van der Waals surface area contributed by atoms with Crippen molar-refractivity contribution in [3.63, 3.8) is 0 Å². The van der Waals surface area contributed by atoms with E-state index in [1.54, 1.807) is 41.1 Å². The topological polar surface area (TPSA) is 115 Å². The fraction of sp³-hybridized carbons (Fsp3) is 0.100. The fourth-order valence-electron chi connectivity index (χ4n) is 3.03. The SMILES string of the molecule is [C-]#[N+]c1cccc(-c2nc(N)n3cc(C(=O)NCC)nc3c2-c2ccncn2)c1. The largest absolute Gasteiger partial charge is 0.369 e. The summed E-state index contributed by atoms with van der Waals surface area (Å²) in [7, 11) is 0. The molecular formula is C20H16N8O. The summed E-state index contributed by atoms with van der Waals surface area (Å²) >= 11 is 0. The van der Waals surface area contributed by atoms with Crippen LogP contribution in [-0.2, 0) is 0 Å². The molecule has 3 heterocycles. The third kappa shape index (κ3) is 3.23. The van der Waals surface area contributed by atoms with E-state index in [0.29, 0.717) is 40.4 Å². The maximum Gasteiger partial charge on any atom is 0.271 e. The maximum atomic E-state index is 12.3. The van der Waals surface area contributed by atoms with Crippen molar-refractivity contribution in [2.24, 2.45) is 0 Å². The van der Waals surface area contributed by atoms with Gasteiger partial charge in [-0.25, -0.2) is 24.8 Å². The predicted molar refractivity (Wildman–Crippen MR) is 108 cm³/mol. The molecule has 0 saturated carbocycles. The van der Waals surface area contributed by atoms with Crippen molar-refractivity contribution in [3.05, 3.63) is 66.2 Å². The van der Waals surface area contributed by atoms with Crippen molar-refractivity contribution < 1.29 is 4.79 Å². The van der Waals surface area contributed by atoms with Crippen molar-refractivity contribution in [2.45, 2.75) is 6.92 Å². The van der Waals surface area contributed by atoms with Gasteiger partial charge >= 0.3 is 0 Å². The van der Waals surface area contributed by atoms with E-state index in [2.05, 4.69) is 30.1 Å². The van der Waals surface area contributed by atoms with Gasteiger partial charge in [-0.2, -0.15) is 0 Å². The van der Waals surface area contributed by atoms with Crippen LogP contribution in [0.2, 0.25) is 0 Å². The zero-order chi connectivity index (χ0) is 20.4.